The van der Waals surface area contributed by atoms with Gasteiger partial charge in [-0.25, -0.2) is 9.18 Å². The molecule has 4 fully saturated rings. The number of likely N-dealkylation sites (tertiary alicyclic amines) is 1. The molecule has 4 aliphatic rings. The molecule has 0 bridgehead atoms. The number of piperidine rings is 1. The Balaban J connectivity index is 1.01. The number of fused-ring (bicyclic) bond motifs is 1. The van der Waals surface area contributed by atoms with Crippen molar-refractivity contribution in [1.29, 1.82) is 0 Å². The number of halogens is 1. The van der Waals surface area contributed by atoms with E-state index < -0.39 is 11.5 Å². The summed E-state index contributed by atoms with van der Waals surface area (Å²) in [5.74, 6) is -0.845. The van der Waals surface area contributed by atoms with Gasteiger partial charge in [-0.15, -0.1) is 0 Å². The number of carbonyl (C=O) groups excluding carboxylic acids is 3. The molecule has 42 heavy (non-hydrogen) atoms. The first-order valence-corrected chi connectivity index (χ1v) is 15.3. The van der Waals surface area contributed by atoms with E-state index in [0.717, 1.165) is 64.2 Å². The van der Waals surface area contributed by atoms with Crippen LogP contribution in [0.25, 0.3) is 10.9 Å². The van der Waals surface area contributed by atoms with Crippen LogP contribution in [-0.4, -0.2) is 88.9 Å². The van der Waals surface area contributed by atoms with Crippen LogP contribution in [0.2, 0.25) is 0 Å². The van der Waals surface area contributed by atoms with Crippen molar-refractivity contribution >= 4 is 34.5 Å². The van der Waals surface area contributed by atoms with Crippen molar-refractivity contribution in [2.24, 2.45) is 18.4 Å². The van der Waals surface area contributed by atoms with Crippen LogP contribution in [0.5, 0.6) is 0 Å². The molecule has 10 nitrogen and oxygen atoms in total. The Bertz CT molecular complexity index is 1380. The van der Waals surface area contributed by atoms with E-state index in [9.17, 15) is 14.4 Å². The first kappa shape index (κ1) is 28.9. The van der Waals surface area contributed by atoms with Gasteiger partial charge in [-0.05, 0) is 70.9 Å². The average molecular weight is 583 g/mol. The van der Waals surface area contributed by atoms with Gasteiger partial charge in [-0.3, -0.25) is 24.5 Å². The van der Waals surface area contributed by atoms with Crippen LogP contribution in [0.1, 0.15) is 70.9 Å². The van der Waals surface area contributed by atoms with Crippen LogP contribution >= 0.6 is 0 Å². The zero-order chi connectivity index (χ0) is 29.8. The molecule has 3 aliphatic heterocycles. The predicted molar refractivity (Wildman–Crippen MR) is 157 cm³/mol. The average Bonchev–Trinajstić information content (AvgIpc) is 3.21. The Hall–Kier alpha value is -3.21. The topological polar surface area (TPSA) is 100 Å². The molecule has 1 atom stereocenters. The minimum absolute atomic E-state index is 0.193. The lowest BCUT2D eigenvalue weighted by molar-refractivity contribution is -0.134. The SMILES string of the molecule is Cn1nc(C2CCC(=O)NC2=O)c2cc(F)c(N3CCN(CC4CCC5(CC4)CN(C(=O)OC(C)(C)C)C5)CC3)cc21. The second kappa shape index (κ2) is 10.8. The highest BCUT2D eigenvalue weighted by molar-refractivity contribution is 6.02. The Morgan fingerprint density at radius 3 is 2.43 bits per heavy atom. The number of rotatable bonds is 4. The number of nitrogens with zero attached hydrogens (tertiary/aromatic N) is 5. The normalized spacial score (nSPS) is 23.8. The lowest BCUT2D eigenvalue weighted by Gasteiger charge is -2.53. The van der Waals surface area contributed by atoms with Crippen molar-refractivity contribution < 1.29 is 23.5 Å². The van der Waals surface area contributed by atoms with Gasteiger partial charge in [0.1, 0.15) is 11.4 Å². The molecule has 1 aromatic heterocycles. The minimum Gasteiger partial charge on any atom is -0.444 e. The Labute approximate surface area is 246 Å². The molecule has 3 saturated heterocycles. The van der Waals surface area contributed by atoms with E-state index in [1.165, 1.54) is 18.9 Å². The van der Waals surface area contributed by atoms with Crippen molar-refractivity contribution in [2.45, 2.75) is 70.8 Å². The van der Waals surface area contributed by atoms with Crippen molar-refractivity contribution in [3.05, 3.63) is 23.6 Å². The van der Waals surface area contributed by atoms with E-state index in [4.69, 9.17) is 4.74 Å². The summed E-state index contributed by atoms with van der Waals surface area (Å²) in [6.45, 7) is 11.7. The van der Waals surface area contributed by atoms with E-state index in [-0.39, 0.29) is 35.6 Å². The fourth-order valence-electron chi connectivity index (χ4n) is 7.29. The summed E-state index contributed by atoms with van der Waals surface area (Å²) in [5, 5.41) is 7.58. The highest BCUT2D eigenvalue weighted by Gasteiger charge is 2.48. The highest BCUT2D eigenvalue weighted by atomic mass is 19.1. The molecular formula is C31H43FN6O4. The van der Waals surface area contributed by atoms with Gasteiger partial charge in [0, 0.05) is 70.1 Å². The number of nitrogens with one attached hydrogen (secondary N) is 1. The van der Waals surface area contributed by atoms with Crippen LogP contribution in [0.4, 0.5) is 14.9 Å². The molecule has 11 heteroatoms. The number of aryl methyl sites for hydroxylation is 1. The number of carbonyl (C=O) groups is 3. The van der Waals surface area contributed by atoms with Crippen LogP contribution in [0, 0.1) is 17.2 Å². The summed E-state index contributed by atoms with van der Waals surface area (Å²) in [6, 6.07) is 3.35. The van der Waals surface area contributed by atoms with Crippen LogP contribution < -0.4 is 10.2 Å². The zero-order valence-electron chi connectivity index (χ0n) is 25.2. The Kier molecular flexibility index (Phi) is 7.43. The molecule has 1 aliphatic carbocycles. The molecule has 6 rings (SSSR count). The van der Waals surface area contributed by atoms with Crippen LogP contribution in [0.15, 0.2) is 12.1 Å². The molecule has 1 saturated carbocycles. The number of imide groups is 1. The lowest BCUT2D eigenvalue weighted by Crippen LogP contribution is -2.60. The lowest BCUT2D eigenvalue weighted by atomic mass is 9.66. The number of hydrogen-bond acceptors (Lipinski definition) is 7. The van der Waals surface area contributed by atoms with E-state index in [1.54, 1.807) is 4.68 Å². The number of ether oxygens (including phenoxy) is 1. The zero-order valence-corrected chi connectivity index (χ0v) is 25.2. The number of hydrogen-bond donors (Lipinski definition) is 1. The summed E-state index contributed by atoms with van der Waals surface area (Å²) < 4.78 is 22.7. The molecule has 1 aromatic carbocycles. The molecule has 3 amide bonds. The van der Waals surface area contributed by atoms with E-state index in [2.05, 4.69) is 20.2 Å². The van der Waals surface area contributed by atoms with Gasteiger partial charge in [0.05, 0.1) is 22.8 Å². The monoisotopic (exact) mass is 582 g/mol. The van der Waals surface area contributed by atoms with E-state index in [1.807, 2.05) is 38.8 Å². The molecule has 4 heterocycles. The second-order valence-corrected chi connectivity index (χ2v) is 13.9. The van der Waals surface area contributed by atoms with Crippen molar-refractivity contribution in [1.82, 2.24) is 24.9 Å². The van der Waals surface area contributed by atoms with Gasteiger partial charge in [-0.1, -0.05) is 0 Å². The third-order valence-corrected chi connectivity index (χ3v) is 9.62. The first-order valence-electron chi connectivity index (χ1n) is 15.3. The predicted octanol–water partition coefficient (Wildman–Crippen LogP) is 3.78. The van der Waals surface area contributed by atoms with Gasteiger partial charge in [0.2, 0.25) is 11.8 Å². The molecule has 0 radical (unpaired) electrons. The molecule has 2 aromatic rings. The second-order valence-electron chi connectivity index (χ2n) is 13.9. The molecule has 228 valence electrons. The summed E-state index contributed by atoms with van der Waals surface area (Å²) in [5.41, 5.74) is 1.69. The largest absolute Gasteiger partial charge is 0.444 e. The summed E-state index contributed by atoms with van der Waals surface area (Å²) in [7, 11) is 1.81. The van der Waals surface area contributed by atoms with Crippen LogP contribution in [-0.2, 0) is 21.4 Å². The minimum atomic E-state index is -0.553. The van der Waals surface area contributed by atoms with Gasteiger partial charge < -0.3 is 14.5 Å². The maximum absolute atomic E-state index is 15.5. The number of anilines is 1. The first-order chi connectivity index (χ1) is 19.9. The molecule has 1 unspecified atom stereocenters. The maximum atomic E-state index is 15.5. The summed E-state index contributed by atoms with van der Waals surface area (Å²) in [4.78, 5) is 42.9. The summed E-state index contributed by atoms with van der Waals surface area (Å²) >= 11 is 0. The molecule has 1 spiro atoms. The standard InChI is InChI=1S/C31H43FN6O4/c1-30(2,3)42-29(41)38-18-31(19-38)9-7-20(8-10-31)17-36-11-13-37(14-12-36)25-16-24-22(15-23(25)32)27(34-35(24)4)21-5-6-26(39)33-28(21)40/h15-16,20-21H,5-14,17-19H2,1-4H3,(H,33,39,40). The van der Waals surface area contributed by atoms with Crippen molar-refractivity contribution in [3.8, 4) is 0 Å². The smallest absolute Gasteiger partial charge is 0.410 e. The van der Waals surface area contributed by atoms with Gasteiger partial charge in [-0.2, -0.15) is 5.10 Å². The fraction of sp³-hybridized carbons (Fsp3) is 0.677. The quantitative estimate of drug-likeness (QED) is 0.548. The van der Waals surface area contributed by atoms with Crippen molar-refractivity contribution in [3.63, 3.8) is 0 Å². The number of piperazine rings is 1. The number of aromatic nitrogens is 2. The van der Waals surface area contributed by atoms with Crippen LogP contribution in [0.3, 0.4) is 0 Å². The Morgan fingerprint density at radius 2 is 1.79 bits per heavy atom. The molecule has 1 N–H and O–H groups in total. The fourth-order valence-corrected chi connectivity index (χ4v) is 7.29. The molecular weight excluding hydrogens is 539 g/mol. The van der Waals surface area contributed by atoms with Crippen molar-refractivity contribution in [2.75, 3.05) is 50.7 Å². The highest BCUT2D eigenvalue weighted by Crippen LogP contribution is 2.46. The third-order valence-electron chi connectivity index (χ3n) is 9.62. The number of amides is 3. The third kappa shape index (κ3) is 5.72. The maximum Gasteiger partial charge on any atom is 0.410 e. The van der Waals surface area contributed by atoms with Gasteiger partial charge >= 0.3 is 6.09 Å². The van der Waals surface area contributed by atoms with Gasteiger partial charge in [0.15, 0.2) is 0 Å². The summed E-state index contributed by atoms with van der Waals surface area (Å²) in [6.07, 6.45) is 5.14. The van der Waals surface area contributed by atoms with E-state index in [0.29, 0.717) is 29.1 Å². The van der Waals surface area contributed by atoms with Gasteiger partial charge in [0.25, 0.3) is 0 Å². The van der Waals surface area contributed by atoms with E-state index >= 15 is 4.39 Å². The number of benzene rings is 1. The Morgan fingerprint density at radius 1 is 1.10 bits per heavy atom.